The summed E-state index contributed by atoms with van der Waals surface area (Å²) in [5.41, 5.74) is -0.00854. The van der Waals surface area contributed by atoms with E-state index in [1.807, 2.05) is 46.8 Å². The van der Waals surface area contributed by atoms with Crippen LogP contribution in [0.25, 0.3) is 0 Å². The molecule has 1 spiro atoms. The van der Waals surface area contributed by atoms with Crippen LogP contribution < -0.4 is 0 Å². The summed E-state index contributed by atoms with van der Waals surface area (Å²) in [7, 11) is -3.61. The van der Waals surface area contributed by atoms with Crippen LogP contribution in [0.15, 0.2) is 29.2 Å². The standard InChI is InChI=1S/C23H36N2O5S/c1-6-18-8-10-20(11-9-18)31(27,28)25-16-19(7-2)29-23(17-25)12-14-24(15-13-23)21(26)30-22(3,4)5/h8-11,19H,6-7,12-17H2,1-5H3. The number of hydrogen-bond donors (Lipinski definition) is 0. The molecule has 2 saturated heterocycles. The van der Waals surface area contributed by atoms with Crippen molar-refractivity contribution in [2.24, 2.45) is 0 Å². The fourth-order valence-electron chi connectivity index (χ4n) is 4.18. The lowest BCUT2D eigenvalue weighted by Crippen LogP contribution is -2.61. The molecule has 2 aliphatic heterocycles. The molecule has 1 amide bonds. The highest BCUT2D eigenvalue weighted by Gasteiger charge is 2.46. The van der Waals surface area contributed by atoms with Crippen molar-refractivity contribution in [2.75, 3.05) is 26.2 Å². The van der Waals surface area contributed by atoms with Gasteiger partial charge in [-0.25, -0.2) is 13.2 Å². The minimum atomic E-state index is -3.61. The van der Waals surface area contributed by atoms with Gasteiger partial charge in [-0.1, -0.05) is 26.0 Å². The fourth-order valence-corrected chi connectivity index (χ4v) is 5.73. The van der Waals surface area contributed by atoms with Gasteiger partial charge >= 0.3 is 6.09 Å². The minimum Gasteiger partial charge on any atom is -0.444 e. The third-order valence-corrected chi connectivity index (χ3v) is 7.87. The van der Waals surface area contributed by atoms with Crippen LogP contribution in [0, 0.1) is 0 Å². The number of benzene rings is 1. The molecule has 7 nitrogen and oxygen atoms in total. The molecule has 2 aliphatic rings. The van der Waals surface area contributed by atoms with E-state index in [1.165, 1.54) is 0 Å². The van der Waals surface area contributed by atoms with Crippen molar-refractivity contribution in [1.82, 2.24) is 9.21 Å². The number of hydrogen-bond acceptors (Lipinski definition) is 5. The van der Waals surface area contributed by atoms with Crippen LogP contribution in [0.5, 0.6) is 0 Å². The SMILES string of the molecule is CCc1ccc(S(=O)(=O)N2CC(CC)OC3(CCN(C(=O)OC(C)(C)C)CC3)C2)cc1. The molecule has 0 bridgehead atoms. The first-order valence-corrected chi connectivity index (χ1v) is 12.7. The number of piperidine rings is 1. The predicted octanol–water partition coefficient (Wildman–Crippen LogP) is 3.82. The number of carbonyl (C=O) groups excluding carboxylic acids is 1. The Morgan fingerprint density at radius 1 is 1.16 bits per heavy atom. The average molecular weight is 453 g/mol. The van der Waals surface area contributed by atoms with Gasteiger partial charge in [0.1, 0.15) is 5.60 Å². The zero-order valence-corrected chi connectivity index (χ0v) is 20.2. The highest BCUT2D eigenvalue weighted by molar-refractivity contribution is 7.89. The molecule has 8 heteroatoms. The number of rotatable bonds is 4. The maximum absolute atomic E-state index is 13.4. The van der Waals surface area contributed by atoms with E-state index in [1.54, 1.807) is 21.3 Å². The molecule has 1 unspecified atom stereocenters. The summed E-state index contributed by atoms with van der Waals surface area (Å²) in [6.07, 6.45) is 2.29. The second-order valence-electron chi connectivity index (χ2n) is 9.59. The Bertz CT molecular complexity index is 868. The molecular formula is C23H36N2O5S. The van der Waals surface area contributed by atoms with Gasteiger partial charge in [0, 0.05) is 26.2 Å². The van der Waals surface area contributed by atoms with Gasteiger partial charge in [-0.3, -0.25) is 0 Å². The van der Waals surface area contributed by atoms with Gasteiger partial charge in [-0.2, -0.15) is 4.31 Å². The summed E-state index contributed by atoms with van der Waals surface area (Å²) < 4.78 is 40.3. The Hall–Kier alpha value is -1.64. The molecular weight excluding hydrogens is 416 g/mol. The summed E-state index contributed by atoms with van der Waals surface area (Å²) in [5.74, 6) is 0. The molecule has 31 heavy (non-hydrogen) atoms. The highest BCUT2D eigenvalue weighted by atomic mass is 32.2. The second kappa shape index (κ2) is 9.08. The average Bonchev–Trinajstić information content (AvgIpc) is 2.72. The van der Waals surface area contributed by atoms with E-state index < -0.39 is 21.2 Å². The van der Waals surface area contributed by atoms with Crippen LogP contribution in [0.3, 0.4) is 0 Å². The zero-order valence-electron chi connectivity index (χ0n) is 19.4. The molecule has 2 heterocycles. The molecule has 1 aromatic rings. The summed E-state index contributed by atoms with van der Waals surface area (Å²) in [6, 6.07) is 7.14. The topological polar surface area (TPSA) is 76.2 Å². The summed E-state index contributed by atoms with van der Waals surface area (Å²) in [6.45, 7) is 11.3. The van der Waals surface area contributed by atoms with E-state index in [0.717, 1.165) is 18.4 Å². The summed E-state index contributed by atoms with van der Waals surface area (Å²) in [5, 5.41) is 0. The third kappa shape index (κ3) is 5.59. The smallest absolute Gasteiger partial charge is 0.410 e. The Balaban J connectivity index is 1.75. The summed E-state index contributed by atoms with van der Waals surface area (Å²) in [4.78, 5) is 14.4. The number of amides is 1. The fraction of sp³-hybridized carbons (Fsp3) is 0.696. The van der Waals surface area contributed by atoms with Gasteiger partial charge in [0.15, 0.2) is 0 Å². The predicted molar refractivity (Wildman–Crippen MR) is 120 cm³/mol. The van der Waals surface area contributed by atoms with Crippen LogP contribution in [-0.4, -0.2) is 67.2 Å². The number of nitrogens with zero attached hydrogens (tertiary/aromatic N) is 2. The number of ether oxygens (including phenoxy) is 2. The second-order valence-corrected chi connectivity index (χ2v) is 11.5. The molecule has 0 N–H and O–H groups in total. The third-order valence-electron chi connectivity index (χ3n) is 6.04. The van der Waals surface area contributed by atoms with Crippen molar-refractivity contribution < 1.29 is 22.7 Å². The Kier molecular flexibility index (Phi) is 7.03. The Labute approximate surface area is 186 Å². The van der Waals surface area contributed by atoms with Crippen molar-refractivity contribution in [3.63, 3.8) is 0 Å². The largest absolute Gasteiger partial charge is 0.444 e. The number of sulfonamides is 1. The van der Waals surface area contributed by atoms with Crippen LogP contribution >= 0.6 is 0 Å². The van der Waals surface area contributed by atoms with Crippen molar-refractivity contribution >= 4 is 16.1 Å². The summed E-state index contributed by atoms with van der Waals surface area (Å²) >= 11 is 0. The zero-order chi connectivity index (χ0) is 22.9. The Morgan fingerprint density at radius 3 is 2.29 bits per heavy atom. The van der Waals surface area contributed by atoms with E-state index in [9.17, 15) is 13.2 Å². The molecule has 1 atom stereocenters. The number of likely N-dealkylation sites (tertiary alicyclic amines) is 1. The van der Waals surface area contributed by atoms with Gasteiger partial charge in [0.2, 0.25) is 10.0 Å². The van der Waals surface area contributed by atoms with E-state index in [4.69, 9.17) is 9.47 Å². The maximum Gasteiger partial charge on any atom is 0.410 e. The molecule has 3 rings (SSSR count). The van der Waals surface area contributed by atoms with Crippen LogP contribution in [0.4, 0.5) is 4.79 Å². The molecule has 0 radical (unpaired) electrons. The van der Waals surface area contributed by atoms with Crippen LogP contribution in [-0.2, 0) is 25.9 Å². The quantitative estimate of drug-likeness (QED) is 0.694. The number of morpholine rings is 1. The molecule has 174 valence electrons. The highest BCUT2D eigenvalue weighted by Crippen LogP contribution is 2.36. The van der Waals surface area contributed by atoms with E-state index in [-0.39, 0.29) is 12.2 Å². The molecule has 0 aliphatic carbocycles. The number of carbonyl (C=O) groups is 1. The van der Waals surface area contributed by atoms with E-state index in [0.29, 0.717) is 43.9 Å². The van der Waals surface area contributed by atoms with Crippen molar-refractivity contribution in [2.45, 2.75) is 82.5 Å². The normalized spacial score (nSPS) is 22.5. The van der Waals surface area contributed by atoms with E-state index in [2.05, 4.69) is 0 Å². The number of aryl methyl sites for hydroxylation is 1. The maximum atomic E-state index is 13.4. The first-order valence-electron chi connectivity index (χ1n) is 11.2. The lowest BCUT2D eigenvalue weighted by atomic mass is 9.89. The van der Waals surface area contributed by atoms with Gasteiger partial charge in [0.25, 0.3) is 0 Å². The van der Waals surface area contributed by atoms with Crippen molar-refractivity contribution in [3.8, 4) is 0 Å². The van der Waals surface area contributed by atoms with Gasteiger partial charge in [-0.15, -0.1) is 0 Å². The van der Waals surface area contributed by atoms with Crippen LogP contribution in [0.1, 0.15) is 59.4 Å². The van der Waals surface area contributed by atoms with Gasteiger partial charge in [0.05, 0.1) is 16.6 Å². The monoisotopic (exact) mass is 452 g/mol. The van der Waals surface area contributed by atoms with Crippen molar-refractivity contribution in [3.05, 3.63) is 29.8 Å². The van der Waals surface area contributed by atoms with Gasteiger partial charge in [-0.05, 0) is 64.2 Å². The molecule has 0 saturated carbocycles. The van der Waals surface area contributed by atoms with Crippen LogP contribution in [0.2, 0.25) is 0 Å². The first kappa shape index (κ1) is 24.0. The van der Waals surface area contributed by atoms with E-state index >= 15 is 0 Å². The van der Waals surface area contributed by atoms with Gasteiger partial charge < -0.3 is 14.4 Å². The molecule has 1 aromatic carbocycles. The Morgan fingerprint density at radius 2 is 1.77 bits per heavy atom. The molecule has 2 fully saturated rings. The molecule has 0 aromatic heterocycles. The lowest BCUT2D eigenvalue weighted by molar-refractivity contribution is -0.159. The minimum absolute atomic E-state index is 0.161. The first-order chi connectivity index (χ1) is 14.5. The van der Waals surface area contributed by atoms with Crippen molar-refractivity contribution in [1.29, 1.82) is 0 Å². The lowest BCUT2D eigenvalue weighted by Gasteiger charge is -2.49.